The van der Waals surface area contributed by atoms with Crippen LogP contribution >= 0.6 is 0 Å². The number of hydrogen-bond donors (Lipinski definition) is 1. The summed E-state index contributed by atoms with van der Waals surface area (Å²) in [7, 11) is 0. The van der Waals surface area contributed by atoms with Crippen LogP contribution in [-0.4, -0.2) is 16.7 Å². The molecule has 0 aliphatic carbocycles. The molecule has 3 aromatic carbocycles. The van der Waals surface area contributed by atoms with E-state index in [4.69, 9.17) is 10.00 Å². The van der Waals surface area contributed by atoms with Gasteiger partial charge in [-0.2, -0.15) is 10.4 Å². The highest BCUT2D eigenvalue weighted by Gasteiger charge is 2.13. The van der Waals surface area contributed by atoms with E-state index >= 15 is 0 Å². The van der Waals surface area contributed by atoms with Crippen LogP contribution in [0.5, 0.6) is 5.75 Å². The van der Waals surface area contributed by atoms with Crippen molar-refractivity contribution in [3.8, 4) is 17.5 Å². The molecule has 0 spiro atoms. The Morgan fingerprint density at radius 1 is 1.09 bits per heavy atom. The van der Waals surface area contributed by atoms with Crippen molar-refractivity contribution in [2.75, 3.05) is 0 Å². The topological polar surface area (TPSA) is 79.4 Å². The molecule has 0 unspecified atom stereocenters. The van der Waals surface area contributed by atoms with Gasteiger partial charge >= 0.3 is 0 Å². The van der Waals surface area contributed by atoms with Crippen molar-refractivity contribution in [3.05, 3.63) is 118 Å². The summed E-state index contributed by atoms with van der Waals surface area (Å²) in [6, 6.07) is 25.2. The fraction of sp³-hybridized carbons (Fsp3) is 0.107. The van der Waals surface area contributed by atoms with E-state index in [0.717, 1.165) is 40.0 Å². The fourth-order valence-corrected chi connectivity index (χ4v) is 3.74. The summed E-state index contributed by atoms with van der Waals surface area (Å²) < 4.78 is 22.0. The summed E-state index contributed by atoms with van der Waals surface area (Å²) in [6.07, 6.45) is 1.52. The van der Waals surface area contributed by atoms with Crippen molar-refractivity contribution in [3.63, 3.8) is 0 Å². The third-order valence-corrected chi connectivity index (χ3v) is 5.53. The minimum atomic E-state index is -0.772. The molecule has 0 bridgehead atoms. The number of carbonyl (C=O) groups is 1. The number of aryl methyl sites for hydroxylation is 1. The van der Waals surface area contributed by atoms with Gasteiger partial charge in [0.1, 0.15) is 18.2 Å². The molecule has 1 amide bonds. The minimum absolute atomic E-state index is 0.144. The maximum atomic E-state index is 14.0. The van der Waals surface area contributed by atoms with Crippen LogP contribution in [-0.2, 0) is 6.61 Å². The molecule has 4 aromatic rings. The molecule has 0 aliphatic heterocycles. The van der Waals surface area contributed by atoms with Crippen molar-refractivity contribution in [2.24, 2.45) is 5.10 Å². The average molecular weight is 467 g/mol. The number of aromatic nitrogens is 1. The lowest BCUT2D eigenvalue weighted by Crippen LogP contribution is -2.19. The van der Waals surface area contributed by atoms with Gasteiger partial charge in [0, 0.05) is 22.6 Å². The van der Waals surface area contributed by atoms with E-state index in [1.807, 2.05) is 80.6 Å². The largest absolute Gasteiger partial charge is 0.489 e. The highest BCUT2D eigenvalue weighted by molar-refractivity contribution is 5.95. The summed E-state index contributed by atoms with van der Waals surface area (Å²) >= 11 is 0. The van der Waals surface area contributed by atoms with Crippen LogP contribution < -0.4 is 10.2 Å². The highest BCUT2D eigenvalue weighted by atomic mass is 19.1. The fourth-order valence-electron chi connectivity index (χ4n) is 3.74. The molecule has 1 heterocycles. The van der Waals surface area contributed by atoms with Gasteiger partial charge in [-0.15, -0.1) is 0 Å². The normalized spacial score (nSPS) is 10.8. The first kappa shape index (κ1) is 23.5. The van der Waals surface area contributed by atoms with Crippen molar-refractivity contribution < 1.29 is 13.9 Å². The Morgan fingerprint density at radius 2 is 1.83 bits per heavy atom. The third kappa shape index (κ3) is 5.45. The van der Waals surface area contributed by atoms with Gasteiger partial charge in [-0.3, -0.25) is 4.79 Å². The molecule has 4 rings (SSSR count). The molecular weight excluding hydrogens is 443 g/mol. The monoisotopic (exact) mass is 466 g/mol. The van der Waals surface area contributed by atoms with Gasteiger partial charge < -0.3 is 9.30 Å². The Kier molecular flexibility index (Phi) is 7.03. The second kappa shape index (κ2) is 10.5. The molecule has 0 radical (unpaired) electrons. The first-order chi connectivity index (χ1) is 17.0. The Hall–Kier alpha value is -4.70. The lowest BCUT2D eigenvalue weighted by molar-refractivity contribution is 0.0951. The Morgan fingerprint density at radius 3 is 2.51 bits per heavy atom. The summed E-state index contributed by atoms with van der Waals surface area (Å²) in [5, 5.41) is 12.8. The quantitative estimate of drug-likeness (QED) is 0.291. The van der Waals surface area contributed by atoms with Gasteiger partial charge in [-0.05, 0) is 67.9 Å². The number of benzene rings is 3. The van der Waals surface area contributed by atoms with Crippen LogP contribution in [0.4, 0.5) is 4.39 Å². The van der Waals surface area contributed by atoms with E-state index in [-0.39, 0.29) is 11.1 Å². The Balaban J connectivity index is 1.43. The molecule has 1 N–H and O–H groups in total. The van der Waals surface area contributed by atoms with E-state index in [2.05, 4.69) is 15.1 Å². The number of carbonyl (C=O) groups excluding carboxylic acids is 1. The van der Waals surface area contributed by atoms with E-state index in [0.29, 0.717) is 6.61 Å². The third-order valence-electron chi connectivity index (χ3n) is 5.53. The van der Waals surface area contributed by atoms with Gasteiger partial charge in [0.15, 0.2) is 0 Å². The highest BCUT2D eigenvalue weighted by Crippen LogP contribution is 2.22. The minimum Gasteiger partial charge on any atom is -0.489 e. The summed E-state index contributed by atoms with van der Waals surface area (Å²) in [5.41, 5.74) is 7.11. The molecule has 0 aliphatic rings. The molecule has 6 nitrogen and oxygen atoms in total. The molecule has 0 saturated heterocycles. The summed E-state index contributed by atoms with van der Waals surface area (Å²) in [6.45, 7) is 4.44. The number of hydrazone groups is 1. The van der Waals surface area contributed by atoms with Gasteiger partial charge in [0.2, 0.25) is 0 Å². The number of nitrogens with one attached hydrogen (secondary N) is 1. The number of nitrogens with zero attached hydrogens (tertiary/aromatic N) is 3. The molecule has 174 valence electrons. The number of hydrogen-bond acceptors (Lipinski definition) is 4. The van der Waals surface area contributed by atoms with E-state index in [9.17, 15) is 9.18 Å². The maximum absolute atomic E-state index is 14.0. The maximum Gasteiger partial charge on any atom is 0.274 e. The second-order valence-electron chi connectivity index (χ2n) is 7.94. The SMILES string of the molecule is Cc1cc(C=NNC(=O)c2ccc(C#N)cc2F)c(C)n1-c1ccc(OCc2ccccc2)cc1. The molecule has 35 heavy (non-hydrogen) atoms. The van der Waals surface area contributed by atoms with Crippen LogP contribution in [0.1, 0.15) is 38.4 Å². The van der Waals surface area contributed by atoms with E-state index in [1.165, 1.54) is 18.3 Å². The van der Waals surface area contributed by atoms with Crippen LogP contribution in [0.15, 0.2) is 84.0 Å². The number of halogens is 1. The van der Waals surface area contributed by atoms with E-state index < -0.39 is 11.7 Å². The number of nitriles is 1. The average Bonchev–Trinajstić information content (AvgIpc) is 3.16. The zero-order valence-electron chi connectivity index (χ0n) is 19.3. The smallest absolute Gasteiger partial charge is 0.274 e. The van der Waals surface area contributed by atoms with Gasteiger partial charge in [-0.1, -0.05) is 30.3 Å². The number of amides is 1. The zero-order valence-corrected chi connectivity index (χ0v) is 19.3. The zero-order chi connectivity index (χ0) is 24.8. The van der Waals surface area contributed by atoms with Gasteiger partial charge in [-0.25, -0.2) is 9.82 Å². The lowest BCUT2D eigenvalue weighted by Gasteiger charge is -2.11. The van der Waals surface area contributed by atoms with Crippen LogP contribution in [0.3, 0.4) is 0 Å². The molecule has 0 atom stereocenters. The first-order valence-corrected chi connectivity index (χ1v) is 11.0. The van der Waals surface area contributed by atoms with Crippen LogP contribution in [0.2, 0.25) is 0 Å². The second-order valence-corrected chi connectivity index (χ2v) is 7.94. The van der Waals surface area contributed by atoms with Crippen molar-refractivity contribution in [1.29, 1.82) is 5.26 Å². The van der Waals surface area contributed by atoms with Crippen LogP contribution in [0, 0.1) is 31.0 Å². The molecule has 7 heteroatoms. The lowest BCUT2D eigenvalue weighted by atomic mass is 10.1. The predicted octanol–water partition coefficient (Wildman–Crippen LogP) is 5.45. The number of rotatable bonds is 7. The van der Waals surface area contributed by atoms with Crippen molar-refractivity contribution >= 4 is 12.1 Å². The molecule has 0 fully saturated rings. The summed E-state index contributed by atoms with van der Waals surface area (Å²) in [4.78, 5) is 12.2. The predicted molar refractivity (Wildman–Crippen MR) is 132 cm³/mol. The molecule has 1 aromatic heterocycles. The Bertz CT molecular complexity index is 1420. The van der Waals surface area contributed by atoms with Crippen molar-refractivity contribution in [2.45, 2.75) is 20.5 Å². The number of ether oxygens (including phenoxy) is 1. The van der Waals surface area contributed by atoms with Gasteiger partial charge in [0.25, 0.3) is 5.91 Å². The summed E-state index contributed by atoms with van der Waals surface area (Å²) in [5.74, 6) is -0.686. The first-order valence-electron chi connectivity index (χ1n) is 11.0. The van der Waals surface area contributed by atoms with Gasteiger partial charge in [0.05, 0.1) is 23.4 Å². The standard InChI is InChI=1S/C28H23FN4O2/c1-19-14-23(17-31-32-28(34)26-13-8-22(16-30)15-27(26)29)20(2)33(19)24-9-11-25(12-10-24)35-18-21-6-4-3-5-7-21/h3-15,17H,18H2,1-2H3,(H,32,34). The Labute approximate surface area is 202 Å². The molecule has 0 saturated carbocycles. The van der Waals surface area contributed by atoms with Crippen molar-refractivity contribution in [1.82, 2.24) is 9.99 Å². The van der Waals surface area contributed by atoms with E-state index in [1.54, 1.807) is 0 Å². The molecular formula is C28H23FN4O2. The van der Waals surface area contributed by atoms with Crippen LogP contribution in [0.25, 0.3) is 5.69 Å².